The van der Waals surface area contributed by atoms with Crippen LogP contribution < -0.4 is 5.73 Å². The van der Waals surface area contributed by atoms with Crippen molar-refractivity contribution >= 4 is 15.9 Å². The van der Waals surface area contributed by atoms with Crippen molar-refractivity contribution in [3.63, 3.8) is 0 Å². The van der Waals surface area contributed by atoms with Gasteiger partial charge in [-0.2, -0.15) is 0 Å². The second-order valence-electron chi connectivity index (χ2n) is 3.84. The lowest BCUT2D eigenvalue weighted by Crippen LogP contribution is -2.15. The normalized spacial score (nSPS) is 12.4. The summed E-state index contributed by atoms with van der Waals surface area (Å²) >= 11 is 3.40. The zero-order chi connectivity index (χ0) is 12.3. The molecule has 0 radical (unpaired) electrons. The van der Waals surface area contributed by atoms with Crippen LogP contribution in [0.4, 0.5) is 4.39 Å². The quantitative estimate of drug-likeness (QED) is 0.944. The molecule has 0 saturated heterocycles. The van der Waals surface area contributed by atoms with Gasteiger partial charge in [-0.05, 0) is 30.2 Å². The predicted octanol–water partition coefficient (Wildman–Crippen LogP) is 3.23. The molecule has 0 bridgehead atoms. The van der Waals surface area contributed by atoms with E-state index in [0.717, 1.165) is 10.0 Å². The van der Waals surface area contributed by atoms with Crippen molar-refractivity contribution in [1.29, 1.82) is 0 Å². The van der Waals surface area contributed by atoms with Gasteiger partial charge in [0, 0.05) is 22.3 Å². The summed E-state index contributed by atoms with van der Waals surface area (Å²) in [5.74, 6) is -0.352. The Hall–Kier alpha value is -1.26. The number of hydrogen-bond acceptors (Lipinski definition) is 2. The first-order valence-corrected chi connectivity index (χ1v) is 6.05. The fourth-order valence-corrected chi connectivity index (χ4v) is 2.16. The zero-order valence-electron chi connectivity index (χ0n) is 9.11. The van der Waals surface area contributed by atoms with E-state index in [2.05, 4.69) is 20.9 Å². The molecule has 0 spiro atoms. The van der Waals surface area contributed by atoms with E-state index in [4.69, 9.17) is 5.73 Å². The second-order valence-corrected chi connectivity index (χ2v) is 4.75. The summed E-state index contributed by atoms with van der Waals surface area (Å²) in [4.78, 5) is 3.71. The molecule has 1 aromatic carbocycles. The molecule has 88 valence electrons. The maximum Gasteiger partial charge on any atom is 0.146 e. The number of rotatable bonds is 3. The van der Waals surface area contributed by atoms with Gasteiger partial charge in [-0.15, -0.1) is 0 Å². The molecule has 2 aromatic rings. The summed E-state index contributed by atoms with van der Waals surface area (Å²) in [7, 11) is 0. The van der Waals surface area contributed by atoms with Gasteiger partial charge in [-0.25, -0.2) is 4.39 Å². The minimum atomic E-state index is -0.354. The van der Waals surface area contributed by atoms with Gasteiger partial charge in [0.15, 0.2) is 0 Å². The fraction of sp³-hybridized carbons (Fsp3) is 0.154. The van der Waals surface area contributed by atoms with E-state index in [1.807, 2.05) is 24.3 Å². The SMILES string of the molecule is NC(Cc1cccc(Br)c1)c1ccncc1F. The Kier molecular flexibility index (Phi) is 3.86. The standard InChI is InChI=1S/C13H12BrFN2/c14-10-3-1-2-9(6-10)7-13(16)11-4-5-17-8-12(11)15/h1-6,8,13H,7,16H2. The lowest BCUT2D eigenvalue weighted by molar-refractivity contribution is 0.574. The van der Waals surface area contributed by atoms with E-state index in [-0.39, 0.29) is 11.9 Å². The topological polar surface area (TPSA) is 38.9 Å². The van der Waals surface area contributed by atoms with Gasteiger partial charge in [0.2, 0.25) is 0 Å². The van der Waals surface area contributed by atoms with Crippen LogP contribution in [-0.2, 0) is 6.42 Å². The Bertz CT molecular complexity index is 516. The number of pyridine rings is 1. The number of benzene rings is 1. The van der Waals surface area contributed by atoms with E-state index >= 15 is 0 Å². The molecule has 0 saturated carbocycles. The molecule has 2 N–H and O–H groups in total. The first kappa shape index (κ1) is 12.2. The van der Waals surface area contributed by atoms with Crippen LogP contribution in [0.25, 0.3) is 0 Å². The molecule has 0 aliphatic carbocycles. The third kappa shape index (κ3) is 3.11. The number of nitrogens with zero attached hydrogens (tertiary/aromatic N) is 1. The van der Waals surface area contributed by atoms with Gasteiger partial charge in [-0.3, -0.25) is 4.98 Å². The zero-order valence-corrected chi connectivity index (χ0v) is 10.7. The van der Waals surface area contributed by atoms with Gasteiger partial charge >= 0.3 is 0 Å². The Labute approximate surface area is 108 Å². The summed E-state index contributed by atoms with van der Waals surface area (Å²) in [5.41, 5.74) is 7.57. The molecule has 1 heterocycles. The van der Waals surface area contributed by atoms with Crippen LogP contribution in [0.3, 0.4) is 0 Å². The third-order valence-corrected chi connectivity index (χ3v) is 3.04. The molecule has 0 aliphatic rings. The number of halogens is 2. The Morgan fingerprint density at radius 2 is 2.18 bits per heavy atom. The smallest absolute Gasteiger partial charge is 0.146 e. The van der Waals surface area contributed by atoms with E-state index in [1.165, 1.54) is 6.20 Å². The van der Waals surface area contributed by atoms with Crippen LogP contribution >= 0.6 is 15.9 Å². The number of aromatic nitrogens is 1. The molecule has 17 heavy (non-hydrogen) atoms. The summed E-state index contributed by atoms with van der Waals surface area (Å²) in [5, 5.41) is 0. The van der Waals surface area contributed by atoms with Gasteiger partial charge in [0.1, 0.15) is 5.82 Å². The molecule has 2 nitrogen and oxygen atoms in total. The molecular formula is C13H12BrFN2. The summed E-state index contributed by atoms with van der Waals surface area (Å²) in [6.07, 6.45) is 3.34. The van der Waals surface area contributed by atoms with Crippen molar-refractivity contribution in [3.8, 4) is 0 Å². The first-order valence-electron chi connectivity index (χ1n) is 5.26. The molecule has 2 rings (SSSR count). The van der Waals surface area contributed by atoms with E-state index in [1.54, 1.807) is 12.3 Å². The maximum atomic E-state index is 13.5. The van der Waals surface area contributed by atoms with Crippen molar-refractivity contribution in [2.75, 3.05) is 0 Å². The highest BCUT2D eigenvalue weighted by Gasteiger charge is 2.11. The van der Waals surface area contributed by atoms with Crippen molar-refractivity contribution in [2.24, 2.45) is 5.73 Å². The molecule has 1 unspecified atom stereocenters. The number of hydrogen-bond donors (Lipinski definition) is 1. The maximum absolute atomic E-state index is 13.5. The van der Waals surface area contributed by atoms with Crippen molar-refractivity contribution in [3.05, 3.63) is 64.1 Å². The van der Waals surface area contributed by atoms with E-state index in [0.29, 0.717) is 12.0 Å². The van der Waals surface area contributed by atoms with Crippen LogP contribution in [0.15, 0.2) is 47.2 Å². The van der Waals surface area contributed by atoms with Crippen molar-refractivity contribution in [1.82, 2.24) is 4.98 Å². The van der Waals surface area contributed by atoms with Crippen LogP contribution in [0, 0.1) is 5.82 Å². The first-order chi connectivity index (χ1) is 8.16. The molecule has 4 heteroatoms. The highest BCUT2D eigenvalue weighted by Crippen LogP contribution is 2.20. The predicted molar refractivity (Wildman–Crippen MR) is 69.0 cm³/mol. The van der Waals surface area contributed by atoms with Gasteiger partial charge in [0.05, 0.1) is 6.20 Å². The second kappa shape index (κ2) is 5.38. The largest absolute Gasteiger partial charge is 0.324 e. The lowest BCUT2D eigenvalue weighted by atomic mass is 10.0. The average Bonchev–Trinajstić information content (AvgIpc) is 2.29. The highest BCUT2D eigenvalue weighted by atomic mass is 79.9. The molecule has 1 aromatic heterocycles. The van der Waals surface area contributed by atoms with Gasteiger partial charge in [-0.1, -0.05) is 28.1 Å². The lowest BCUT2D eigenvalue weighted by Gasteiger charge is -2.12. The van der Waals surface area contributed by atoms with Crippen LogP contribution in [0.2, 0.25) is 0 Å². The van der Waals surface area contributed by atoms with Gasteiger partial charge in [0.25, 0.3) is 0 Å². The fourth-order valence-electron chi connectivity index (χ4n) is 1.71. The Balaban J connectivity index is 2.17. The number of nitrogens with two attached hydrogens (primary N) is 1. The highest BCUT2D eigenvalue weighted by molar-refractivity contribution is 9.10. The average molecular weight is 295 g/mol. The van der Waals surface area contributed by atoms with E-state index in [9.17, 15) is 4.39 Å². The molecule has 1 atom stereocenters. The summed E-state index contributed by atoms with van der Waals surface area (Å²) in [6, 6.07) is 9.12. The van der Waals surface area contributed by atoms with Crippen molar-refractivity contribution in [2.45, 2.75) is 12.5 Å². The van der Waals surface area contributed by atoms with Crippen molar-refractivity contribution < 1.29 is 4.39 Å². The third-order valence-electron chi connectivity index (χ3n) is 2.55. The van der Waals surface area contributed by atoms with Crippen LogP contribution in [0.1, 0.15) is 17.2 Å². The molecule has 0 aliphatic heterocycles. The van der Waals surface area contributed by atoms with Crippen LogP contribution in [0.5, 0.6) is 0 Å². The summed E-state index contributed by atoms with van der Waals surface area (Å²) < 4.78 is 14.5. The summed E-state index contributed by atoms with van der Waals surface area (Å²) in [6.45, 7) is 0. The minimum absolute atomic E-state index is 0.352. The Morgan fingerprint density at radius 3 is 2.88 bits per heavy atom. The monoisotopic (exact) mass is 294 g/mol. The van der Waals surface area contributed by atoms with Crippen LogP contribution in [-0.4, -0.2) is 4.98 Å². The Morgan fingerprint density at radius 1 is 1.35 bits per heavy atom. The molecule has 0 amide bonds. The van der Waals surface area contributed by atoms with E-state index < -0.39 is 0 Å². The molecular weight excluding hydrogens is 283 g/mol. The van der Waals surface area contributed by atoms with Gasteiger partial charge < -0.3 is 5.73 Å². The minimum Gasteiger partial charge on any atom is -0.324 e. The molecule has 0 fully saturated rings.